The second-order valence-corrected chi connectivity index (χ2v) is 5.33. The Morgan fingerprint density at radius 2 is 2.06 bits per heavy atom. The van der Waals surface area contributed by atoms with Crippen LogP contribution in [0.2, 0.25) is 0 Å². The van der Waals surface area contributed by atoms with Gasteiger partial charge in [0.1, 0.15) is 0 Å². The molecule has 18 heavy (non-hydrogen) atoms. The van der Waals surface area contributed by atoms with Crippen LogP contribution in [-0.4, -0.2) is 52.6 Å². The lowest BCUT2D eigenvalue weighted by atomic mass is 9.98. The molecule has 1 atom stereocenters. The van der Waals surface area contributed by atoms with E-state index in [-0.39, 0.29) is 11.9 Å². The molecule has 1 heterocycles. The summed E-state index contributed by atoms with van der Waals surface area (Å²) >= 11 is 0. The fourth-order valence-electron chi connectivity index (χ4n) is 2.60. The molecule has 0 aromatic rings. The average molecular weight is 254 g/mol. The Morgan fingerprint density at radius 3 is 2.61 bits per heavy atom. The van der Waals surface area contributed by atoms with Crippen molar-refractivity contribution in [3.05, 3.63) is 0 Å². The number of piperidine rings is 1. The third kappa shape index (κ3) is 2.94. The molecular formula is C13H22N2O3. The van der Waals surface area contributed by atoms with E-state index in [2.05, 4.69) is 6.92 Å². The topological polar surface area (TPSA) is 60.9 Å². The van der Waals surface area contributed by atoms with Crippen LogP contribution in [0.25, 0.3) is 0 Å². The average Bonchev–Trinajstić information content (AvgIpc) is 3.19. The molecule has 1 saturated heterocycles. The van der Waals surface area contributed by atoms with Gasteiger partial charge in [-0.1, -0.05) is 6.92 Å². The van der Waals surface area contributed by atoms with Gasteiger partial charge in [-0.25, -0.2) is 4.79 Å². The van der Waals surface area contributed by atoms with Crippen LogP contribution >= 0.6 is 0 Å². The molecule has 0 spiro atoms. The highest BCUT2D eigenvalue weighted by Gasteiger charge is 2.36. The van der Waals surface area contributed by atoms with Gasteiger partial charge in [0.15, 0.2) is 0 Å². The predicted octanol–water partition coefficient (Wildman–Crippen LogP) is 1.78. The molecule has 0 aromatic carbocycles. The highest BCUT2D eigenvalue weighted by Crippen LogP contribution is 2.29. The highest BCUT2D eigenvalue weighted by atomic mass is 16.4. The summed E-state index contributed by atoms with van der Waals surface area (Å²) in [6.07, 6.45) is 4.64. The fraction of sp³-hybridized carbons (Fsp3) is 0.846. The van der Waals surface area contributed by atoms with E-state index in [1.807, 2.05) is 4.90 Å². The first-order valence-electron chi connectivity index (χ1n) is 6.91. The summed E-state index contributed by atoms with van der Waals surface area (Å²) in [5.41, 5.74) is 0. The van der Waals surface area contributed by atoms with E-state index in [4.69, 9.17) is 5.11 Å². The van der Waals surface area contributed by atoms with Crippen molar-refractivity contribution in [1.82, 2.24) is 9.80 Å². The zero-order valence-electron chi connectivity index (χ0n) is 11.0. The number of carbonyl (C=O) groups excluding carboxylic acids is 1. The van der Waals surface area contributed by atoms with E-state index in [1.165, 1.54) is 0 Å². The van der Waals surface area contributed by atoms with Crippen molar-refractivity contribution in [1.29, 1.82) is 0 Å². The number of likely N-dealkylation sites (tertiary alicyclic amines) is 1. The number of urea groups is 1. The quantitative estimate of drug-likeness (QED) is 0.831. The highest BCUT2D eigenvalue weighted by molar-refractivity contribution is 5.77. The third-order valence-corrected chi connectivity index (χ3v) is 3.74. The van der Waals surface area contributed by atoms with Crippen LogP contribution in [0, 0.1) is 5.92 Å². The molecule has 2 amide bonds. The Morgan fingerprint density at radius 1 is 1.33 bits per heavy atom. The minimum absolute atomic E-state index is 0.0466. The van der Waals surface area contributed by atoms with E-state index in [0.717, 1.165) is 32.2 Å². The Labute approximate surface area is 108 Å². The number of rotatable bonds is 4. The first kappa shape index (κ1) is 13.2. The van der Waals surface area contributed by atoms with E-state index >= 15 is 0 Å². The SMILES string of the molecule is CCCN(C(=O)N1CCC[C@@H](C(=O)O)C1)C1CC1. The summed E-state index contributed by atoms with van der Waals surface area (Å²) < 4.78 is 0. The van der Waals surface area contributed by atoms with Crippen LogP contribution in [-0.2, 0) is 4.79 Å². The maximum atomic E-state index is 12.4. The fourth-order valence-corrected chi connectivity index (χ4v) is 2.60. The normalized spacial score (nSPS) is 23.8. The van der Waals surface area contributed by atoms with Gasteiger partial charge in [-0.3, -0.25) is 4.79 Å². The smallest absolute Gasteiger partial charge is 0.320 e. The van der Waals surface area contributed by atoms with E-state index in [0.29, 0.717) is 25.6 Å². The lowest BCUT2D eigenvalue weighted by Crippen LogP contribution is -2.49. The number of amides is 2. The molecule has 5 nitrogen and oxygen atoms in total. The summed E-state index contributed by atoms with van der Waals surface area (Å²) in [5.74, 6) is -1.16. The van der Waals surface area contributed by atoms with Gasteiger partial charge >= 0.3 is 12.0 Å². The molecule has 1 saturated carbocycles. The maximum absolute atomic E-state index is 12.4. The Hall–Kier alpha value is -1.26. The molecule has 0 radical (unpaired) electrons. The molecule has 0 unspecified atom stereocenters. The van der Waals surface area contributed by atoms with E-state index < -0.39 is 5.97 Å². The molecule has 1 aliphatic heterocycles. The van der Waals surface area contributed by atoms with Gasteiger partial charge in [0.2, 0.25) is 0 Å². The van der Waals surface area contributed by atoms with Crippen molar-refractivity contribution in [2.45, 2.75) is 45.1 Å². The predicted molar refractivity (Wildman–Crippen MR) is 67.3 cm³/mol. The molecule has 102 valence electrons. The number of hydrogen-bond acceptors (Lipinski definition) is 2. The van der Waals surface area contributed by atoms with Gasteiger partial charge in [0.05, 0.1) is 5.92 Å². The minimum Gasteiger partial charge on any atom is -0.481 e. The molecule has 1 aliphatic carbocycles. The number of hydrogen-bond donors (Lipinski definition) is 1. The summed E-state index contributed by atoms with van der Waals surface area (Å²) in [6.45, 7) is 3.94. The van der Waals surface area contributed by atoms with Crippen molar-refractivity contribution in [3.8, 4) is 0 Å². The largest absolute Gasteiger partial charge is 0.481 e. The van der Waals surface area contributed by atoms with Gasteiger partial charge in [0.25, 0.3) is 0 Å². The molecule has 0 aromatic heterocycles. The molecule has 0 bridgehead atoms. The number of carboxylic acids is 1. The van der Waals surface area contributed by atoms with Crippen LogP contribution in [0.1, 0.15) is 39.0 Å². The summed E-state index contributed by atoms with van der Waals surface area (Å²) in [5, 5.41) is 9.05. The second kappa shape index (κ2) is 5.59. The summed E-state index contributed by atoms with van der Waals surface area (Å²) in [4.78, 5) is 27.1. The zero-order valence-corrected chi connectivity index (χ0v) is 11.0. The van der Waals surface area contributed by atoms with Gasteiger partial charge < -0.3 is 14.9 Å². The first-order chi connectivity index (χ1) is 8.63. The summed E-state index contributed by atoms with van der Waals surface area (Å²) in [6, 6.07) is 0.452. The van der Waals surface area contributed by atoms with E-state index in [9.17, 15) is 9.59 Å². The van der Waals surface area contributed by atoms with Gasteiger partial charge in [-0.2, -0.15) is 0 Å². The maximum Gasteiger partial charge on any atom is 0.320 e. The molecule has 2 aliphatic rings. The standard InChI is InChI=1S/C13H22N2O3/c1-2-7-15(11-5-6-11)13(18)14-8-3-4-10(9-14)12(16)17/h10-11H,2-9H2,1H3,(H,16,17)/t10-/m1/s1. The van der Waals surface area contributed by atoms with Gasteiger partial charge in [-0.05, 0) is 32.1 Å². The van der Waals surface area contributed by atoms with Crippen molar-refractivity contribution < 1.29 is 14.7 Å². The lowest BCUT2D eigenvalue weighted by Gasteiger charge is -2.35. The Bertz CT molecular complexity index is 328. The third-order valence-electron chi connectivity index (χ3n) is 3.74. The van der Waals surface area contributed by atoms with Crippen LogP contribution in [0.4, 0.5) is 4.79 Å². The Kier molecular flexibility index (Phi) is 4.09. The summed E-state index contributed by atoms with van der Waals surface area (Å²) in [7, 11) is 0. The van der Waals surface area contributed by atoms with Crippen molar-refractivity contribution >= 4 is 12.0 Å². The lowest BCUT2D eigenvalue weighted by molar-refractivity contribution is -0.143. The Balaban J connectivity index is 1.96. The van der Waals surface area contributed by atoms with Crippen LogP contribution < -0.4 is 0 Å². The monoisotopic (exact) mass is 254 g/mol. The van der Waals surface area contributed by atoms with Gasteiger partial charge in [0, 0.05) is 25.7 Å². The van der Waals surface area contributed by atoms with Gasteiger partial charge in [-0.15, -0.1) is 0 Å². The molecule has 2 rings (SSSR count). The first-order valence-corrected chi connectivity index (χ1v) is 6.91. The number of nitrogens with zero attached hydrogens (tertiary/aromatic N) is 2. The number of carboxylic acid groups (broad SMARTS) is 1. The molecular weight excluding hydrogens is 232 g/mol. The zero-order chi connectivity index (χ0) is 13.1. The van der Waals surface area contributed by atoms with Crippen LogP contribution in [0.3, 0.4) is 0 Å². The van der Waals surface area contributed by atoms with E-state index in [1.54, 1.807) is 4.90 Å². The molecule has 5 heteroatoms. The second-order valence-electron chi connectivity index (χ2n) is 5.33. The van der Waals surface area contributed by atoms with Crippen molar-refractivity contribution in [2.75, 3.05) is 19.6 Å². The van der Waals surface area contributed by atoms with Crippen LogP contribution in [0.15, 0.2) is 0 Å². The van der Waals surface area contributed by atoms with Crippen molar-refractivity contribution in [3.63, 3.8) is 0 Å². The number of carbonyl (C=O) groups is 2. The van der Waals surface area contributed by atoms with Crippen molar-refractivity contribution in [2.24, 2.45) is 5.92 Å². The molecule has 2 fully saturated rings. The molecule has 1 N–H and O–H groups in total. The number of aliphatic carboxylic acids is 1. The van der Waals surface area contributed by atoms with Crippen LogP contribution in [0.5, 0.6) is 0 Å². The minimum atomic E-state index is -0.777.